The molecule has 0 unspecified atom stereocenters. The minimum Gasteiger partial charge on any atom is -0.367 e. The molecule has 0 saturated carbocycles. The van der Waals surface area contributed by atoms with E-state index in [1.807, 2.05) is 0 Å². The van der Waals surface area contributed by atoms with Crippen molar-refractivity contribution in [2.45, 2.75) is 32.7 Å². The van der Waals surface area contributed by atoms with Crippen LogP contribution in [0.2, 0.25) is 0 Å². The maximum absolute atomic E-state index is 12.2. The molecule has 8 nitrogen and oxygen atoms in total. The highest BCUT2D eigenvalue weighted by atomic mass is 16.1. The van der Waals surface area contributed by atoms with Crippen LogP contribution in [0.25, 0.3) is 0 Å². The Balaban J connectivity index is 1.70. The largest absolute Gasteiger partial charge is 0.367 e. The van der Waals surface area contributed by atoms with Crippen LogP contribution in [0.5, 0.6) is 0 Å². The number of anilines is 1. The highest BCUT2D eigenvalue weighted by Gasteiger charge is 2.24. The first-order valence-corrected chi connectivity index (χ1v) is 6.64. The van der Waals surface area contributed by atoms with E-state index in [0.717, 1.165) is 30.5 Å². The number of aromatic nitrogens is 5. The van der Waals surface area contributed by atoms with Crippen molar-refractivity contribution in [2.75, 3.05) is 5.73 Å². The Hall–Kier alpha value is -2.38. The molecule has 2 aromatic rings. The number of aryl methyl sites for hydroxylation is 1. The molecule has 0 saturated heterocycles. The fraction of sp³-hybridized carbons (Fsp3) is 0.500. The number of fused-ring (bicyclic) bond motifs is 1. The predicted molar refractivity (Wildman–Crippen MR) is 71.7 cm³/mol. The van der Waals surface area contributed by atoms with Crippen molar-refractivity contribution >= 4 is 11.9 Å². The molecule has 0 spiro atoms. The summed E-state index contributed by atoms with van der Waals surface area (Å²) in [4.78, 5) is 16.1. The molecule has 1 aliphatic rings. The number of amides is 1. The fourth-order valence-electron chi connectivity index (χ4n) is 2.49. The van der Waals surface area contributed by atoms with Crippen LogP contribution in [0, 0.1) is 5.92 Å². The van der Waals surface area contributed by atoms with Gasteiger partial charge >= 0.3 is 0 Å². The van der Waals surface area contributed by atoms with Crippen LogP contribution >= 0.6 is 0 Å². The molecule has 20 heavy (non-hydrogen) atoms. The number of rotatable bonds is 3. The zero-order valence-corrected chi connectivity index (χ0v) is 11.2. The lowest BCUT2D eigenvalue weighted by atomic mass is 9.88. The maximum atomic E-state index is 12.2. The highest BCUT2D eigenvalue weighted by molar-refractivity contribution is 5.93. The fourth-order valence-corrected chi connectivity index (χ4v) is 2.49. The van der Waals surface area contributed by atoms with E-state index in [4.69, 9.17) is 5.73 Å². The van der Waals surface area contributed by atoms with Gasteiger partial charge in [-0.3, -0.25) is 15.0 Å². The standard InChI is InChI=1S/C12H17N7O/c1-6-2-3-8-7(4-6)10(18-16-8)11(20)14-5-9-15-12(13)19-17-9/h6H,2-5H2,1H3,(H,14,20)(H,16,18)(H3,13,15,17,19)/t6-/m0/s1. The summed E-state index contributed by atoms with van der Waals surface area (Å²) >= 11 is 0. The third-order valence-corrected chi connectivity index (χ3v) is 3.57. The predicted octanol–water partition coefficient (Wildman–Crippen LogP) is 0.165. The second-order valence-electron chi connectivity index (χ2n) is 5.20. The van der Waals surface area contributed by atoms with Crippen molar-refractivity contribution in [2.24, 2.45) is 5.92 Å². The molecule has 8 heteroatoms. The lowest BCUT2D eigenvalue weighted by Gasteiger charge is -2.17. The van der Waals surface area contributed by atoms with Crippen molar-refractivity contribution < 1.29 is 4.79 Å². The van der Waals surface area contributed by atoms with Gasteiger partial charge in [-0.2, -0.15) is 10.1 Å². The first-order valence-electron chi connectivity index (χ1n) is 6.64. The molecule has 1 aliphatic carbocycles. The van der Waals surface area contributed by atoms with E-state index >= 15 is 0 Å². The first kappa shape index (κ1) is 12.6. The van der Waals surface area contributed by atoms with E-state index < -0.39 is 0 Å². The van der Waals surface area contributed by atoms with Gasteiger partial charge in [0.05, 0.1) is 6.54 Å². The van der Waals surface area contributed by atoms with Crippen molar-refractivity contribution in [1.82, 2.24) is 30.7 Å². The molecule has 0 radical (unpaired) electrons. The number of hydrogen-bond acceptors (Lipinski definition) is 5. The van der Waals surface area contributed by atoms with Gasteiger partial charge in [-0.1, -0.05) is 6.92 Å². The summed E-state index contributed by atoms with van der Waals surface area (Å²) in [5.41, 5.74) is 8.01. The van der Waals surface area contributed by atoms with E-state index in [1.54, 1.807) is 0 Å². The third-order valence-electron chi connectivity index (χ3n) is 3.57. The van der Waals surface area contributed by atoms with Gasteiger partial charge in [0.15, 0.2) is 5.69 Å². The number of aromatic amines is 2. The maximum Gasteiger partial charge on any atom is 0.272 e. The van der Waals surface area contributed by atoms with E-state index in [1.165, 1.54) is 0 Å². The SMILES string of the molecule is C[C@H]1CCc2[nH]nc(C(=O)NCc3nc(N)n[nH]3)c2C1. The lowest BCUT2D eigenvalue weighted by Crippen LogP contribution is -2.25. The molecule has 5 N–H and O–H groups in total. The van der Waals surface area contributed by atoms with E-state index in [0.29, 0.717) is 17.4 Å². The van der Waals surface area contributed by atoms with Crippen molar-refractivity contribution in [1.29, 1.82) is 0 Å². The molecule has 0 aliphatic heterocycles. The van der Waals surface area contributed by atoms with Crippen molar-refractivity contribution in [3.05, 3.63) is 22.8 Å². The normalized spacial score (nSPS) is 17.8. The van der Waals surface area contributed by atoms with Gasteiger partial charge < -0.3 is 11.1 Å². The Labute approximate surface area is 115 Å². The third kappa shape index (κ3) is 2.36. The van der Waals surface area contributed by atoms with Crippen LogP contribution in [-0.2, 0) is 19.4 Å². The molecule has 106 valence electrons. The van der Waals surface area contributed by atoms with Crippen molar-refractivity contribution in [3.8, 4) is 0 Å². The van der Waals surface area contributed by atoms with E-state index in [2.05, 4.69) is 37.6 Å². The Bertz CT molecular complexity index is 630. The number of nitrogens with one attached hydrogen (secondary N) is 3. The molecule has 0 fully saturated rings. The van der Waals surface area contributed by atoms with Crippen LogP contribution in [0.3, 0.4) is 0 Å². The number of carbonyl (C=O) groups excluding carboxylic acids is 1. The smallest absolute Gasteiger partial charge is 0.272 e. The molecule has 1 amide bonds. The Morgan fingerprint density at radius 3 is 3.05 bits per heavy atom. The zero-order valence-electron chi connectivity index (χ0n) is 11.2. The molecular formula is C12H17N7O. The summed E-state index contributed by atoms with van der Waals surface area (Å²) in [6, 6.07) is 0. The van der Waals surface area contributed by atoms with Gasteiger partial charge in [0.25, 0.3) is 5.91 Å². The average Bonchev–Trinajstić information content (AvgIpc) is 3.02. The minimum atomic E-state index is -0.202. The lowest BCUT2D eigenvalue weighted by molar-refractivity contribution is 0.0943. The zero-order chi connectivity index (χ0) is 14.1. The molecule has 3 rings (SSSR count). The minimum absolute atomic E-state index is 0.167. The Morgan fingerprint density at radius 1 is 1.45 bits per heavy atom. The molecule has 0 bridgehead atoms. The van der Waals surface area contributed by atoms with Gasteiger partial charge in [-0.05, 0) is 25.2 Å². The second kappa shape index (κ2) is 4.95. The number of nitrogens with two attached hydrogens (primary N) is 1. The number of hydrogen-bond donors (Lipinski definition) is 4. The summed E-state index contributed by atoms with van der Waals surface area (Å²) in [6.07, 6.45) is 2.98. The number of nitrogens with zero attached hydrogens (tertiary/aromatic N) is 3. The van der Waals surface area contributed by atoms with Gasteiger partial charge in [0.2, 0.25) is 5.95 Å². The average molecular weight is 275 g/mol. The number of carbonyl (C=O) groups is 1. The second-order valence-corrected chi connectivity index (χ2v) is 5.20. The van der Waals surface area contributed by atoms with Gasteiger partial charge in [-0.15, -0.1) is 5.10 Å². The van der Waals surface area contributed by atoms with Gasteiger partial charge in [-0.25, -0.2) is 0 Å². The summed E-state index contributed by atoms with van der Waals surface area (Å²) in [6.45, 7) is 2.44. The Kier molecular flexibility index (Phi) is 3.13. The van der Waals surface area contributed by atoms with Crippen LogP contribution in [0.4, 0.5) is 5.95 Å². The number of nitrogen functional groups attached to an aromatic ring is 1. The molecule has 2 heterocycles. The topological polar surface area (TPSA) is 125 Å². The van der Waals surface area contributed by atoms with Crippen LogP contribution < -0.4 is 11.1 Å². The van der Waals surface area contributed by atoms with Crippen LogP contribution in [-0.4, -0.2) is 31.3 Å². The summed E-state index contributed by atoms with van der Waals surface area (Å²) < 4.78 is 0. The first-order chi connectivity index (χ1) is 9.63. The quantitative estimate of drug-likeness (QED) is 0.635. The van der Waals surface area contributed by atoms with Crippen LogP contribution in [0.1, 0.15) is 40.9 Å². The molecule has 1 atom stereocenters. The van der Waals surface area contributed by atoms with Gasteiger partial charge in [0, 0.05) is 11.3 Å². The Morgan fingerprint density at radius 2 is 2.30 bits per heavy atom. The highest BCUT2D eigenvalue weighted by Crippen LogP contribution is 2.26. The molecule has 0 aromatic carbocycles. The van der Waals surface area contributed by atoms with Gasteiger partial charge in [0.1, 0.15) is 5.82 Å². The number of H-pyrrole nitrogens is 2. The monoisotopic (exact) mass is 275 g/mol. The van der Waals surface area contributed by atoms with E-state index in [9.17, 15) is 4.79 Å². The summed E-state index contributed by atoms with van der Waals surface area (Å²) in [5.74, 6) is 1.07. The van der Waals surface area contributed by atoms with Crippen LogP contribution in [0.15, 0.2) is 0 Å². The molecular weight excluding hydrogens is 258 g/mol. The van der Waals surface area contributed by atoms with E-state index in [-0.39, 0.29) is 18.4 Å². The van der Waals surface area contributed by atoms with Crippen molar-refractivity contribution in [3.63, 3.8) is 0 Å². The summed E-state index contributed by atoms with van der Waals surface area (Å²) in [7, 11) is 0. The summed E-state index contributed by atoms with van der Waals surface area (Å²) in [5, 5.41) is 16.2. The molecule has 2 aromatic heterocycles.